The molecular weight excluding hydrogens is 259 g/mol. The minimum atomic E-state index is -0.741. The Morgan fingerprint density at radius 3 is 2.26 bits per heavy atom. The van der Waals surface area contributed by atoms with Crippen molar-refractivity contribution in [1.29, 1.82) is 0 Å². The maximum atomic E-state index is 11.6. The molecule has 3 nitrogen and oxygen atoms in total. The monoisotopic (exact) mass is 278 g/mol. The first-order valence-electron chi connectivity index (χ1n) is 6.61. The van der Waals surface area contributed by atoms with Crippen molar-refractivity contribution in [3.05, 3.63) is 29.3 Å². The van der Waals surface area contributed by atoms with Crippen LogP contribution in [0.15, 0.2) is 18.2 Å². The highest BCUT2D eigenvalue weighted by atomic mass is 32.2. The molecule has 5 heteroatoms. The van der Waals surface area contributed by atoms with Crippen LogP contribution in [0.4, 0.5) is 0 Å². The number of hydrogen-bond acceptors (Lipinski definition) is 3. The van der Waals surface area contributed by atoms with Gasteiger partial charge in [-0.15, -0.1) is 0 Å². The quantitative estimate of drug-likeness (QED) is 0.580. The average molecular weight is 278 g/mol. The Morgan fingerprint density at radius 2 is 1.63 bits per heavy atom. The van der Waals surface area contributed by atoms with Gasteiger partial charge in [0.1, 0.15) is 11.5 Å². The predicted molar refractivity (Wildman–Crippen MR) is 77.7 cm³/mol. The van der Waals surface area contributed by atoms with E-state index in [1.807, 2.05) is 6.07 Å². The molecule has 1 aromatic carbocycles. The van der Waals surface area contributed by atoms with Crippen molar-refractivity contribution in [3.63, 3.8) is 0 Å². The van der Waals surface area contributed by atoms with E-state index < -0.39 is 11.2 Å². The molecule has 2 aliphatic rings. The molecule has 1 fully saturated rings. The lowest BCUT2D eigenvalue weighted by Gasteiger charge is -2.32. The molecule has 1 saturated heterocycles. The number of benzene rings is 1. The van der Waals surface area contributed by atoms with Crippen LogP contribution in [-0.2, 0) is 32.0 Å². The second-order valence-corrected chi connectivity index (χ2v) is 7.80. The Labute approximate surface area is 118 Å². The van der Waals surface area contributed by atoms with Gasteiger partial charge in [0.15, 0.2) is 0 Å². The van der Waals surface area contributed by atoms with Crippen molar-refractivity contribution < 1.29 is 13.9 Å². The van der Waals surface area contributed by atoms with Crippen LogP contribution < -0.4 is 5.46 Å². The standard InChI is InChI=1S/C14H19BO3S/c1-13(2)14(3,4)18-15(17-13)12-6-5-10-8-19(16)9-11(10)7-12/h5-7H,8-9H2,1-4H3. The van der Waals surface area contributed by atoms with Gasteiger partial charge in [0, 0.05) is 11.1 Å². The van der Waals surface area contributed by atoms with Crippen LogP contribution in [0.3, 0.4) is 0 Å². The van der Waals surface area contributed by atoms with E-state index in [4.69, 9.17) is 9.31 Å². The van der Waals surface area contributed by atoms with Crippen LogP contribution in [-0.4, -0.2) is 22.9 Å². The molecule has 0 saturated carbocycles. The molecule has 2 heterocycles. The van der Waals surface area contributed by atoms with Gasteiger partial charge in [0.2, 0.25) is 0 Å². The number of hydrogen-bond donors (Lipinski definition) is 0. The van der Waals surface area contributed by atoms with Crippen molar-refractivity contribution in [1.82, 2.24) is 0 Å². The molecule has 0 aliphatic carbocycles. The summed E-state index contributed by atoms with van der Waals surface area (Å²) in [6.07, 6.45) is 0. The predicted octanol–water partition coefficient (Wildman–Crippen LogP) is 1.75. The van der Waals surface area contributed by atoms with Gasteiger partial charge < -0.3 is 13.9 Å². The van der Waals surface area contributed by atoms with Gasteiger partial charge in [0.05, 0.1) is 11.2 Å². The fourth-order valence-electron chi connectivity index (χ4n) is 2.44. The molecule has 1 aromatic rings. The summed E-state index contributed by atoms with van der Waals surface area (Å²) in [5.74, 6) is 1.33. The van der Waals surface area contributed by atoms with E-state index in [1.54, 1.807) is 0 Å². The zero-order chi connectivity index (χ0) is 13.8. The summed E-state index contributed by atoms with van der Waals surface area (Å²) >= 11 is -0.741. The second-order valence-electron chi connectivity index (χ2n) is 6.34. The third kappa shape index (κ3) is 2.23. The largest absolute Gasteiger partial charge is 0.616 e. The van der Waals surface area contributed by atoms with Gasteiger partial charge >= 0.3 is 7.12 Å². The molecule has 19 heavy (non-hydrogen) atoms. The van der Waals surface area contributed by atoms with E-state index in [0.29, 0.717) is 11.5 Å². The molecule has 2 aliphatic heterocycles. The summed E-state index contributed by atoms with van der Waals surface area (Å²) < 4.78 is 23.7. The fourth-order valence-corrected chi connectivity index (χ4v) is 3.79. The molecule has 0 radical (unpaired) electrons. The van der Waals surface area contributed by atoms with Crippen molar-refractivity contribution in [3.8, 4) is 0 Å². The van der Waals surface area contributed by atoms with Crippen LogP contribution in [0, 0.1) is 0 Å². The SMILES string of the molecule is CC1(C)OB(c2ccc3c(c2)C[S+]([O-])C3)OC1(C)C. The molecule has 0 amide bonds. The first-order chi connectivity index (χ1) is 8.78. The van der Waals surface area contributed by atoms with Gasteiger partial charge in [-0.2, -0.15) is 0 Å². The highest BCUT2D eigenvalue weighted by Crippen LogP contribution is 2.36. The van der Waals surface area contributed by atoms with Crippen LogP contribution in [0.5, 0.6) is 0 Å². The van der Waals surface area contributed by atoms with E-state index in [2.05, 4.69) is 39.8 Å². The summed E-state index contributed by atoms with van der Waals surface area (Å²) in [5.41, 5.74) is 2.75. The Balaban J connectivity index is 1.88. The lowest BCUT2D eigenvalue weighted by atomic mass is 9.78. The van der Waals surface area contributed by atoms with Gasteiger partial charge in [-0.05, 0) is 44.3 Å². The maximum absolute atomic E-state index is 11.6. The zero-order valence-electron chi connectivity index (χ0n) is 11.9. The first-order valence-corrected chi connectivity index (χ1v) is 8.10. The van der Waals surface area contributed by atoms with Crippen molar-refractivity contribution in [2.24, 2.45) is 0 Å². The highest BCUT2D eigenvalue weighted by Gasteiger charge is 2.51. The zero-order valence-corrected chi connectivity index (χ0v) is 12.7. The first kappa shape index (κ1) is 13.5. The minimum absolute atomic E-state index is 0.320. The topological polar surface area (TPSA) is 41.5 Å². The van der Waals surface area contributed by atoms with Crippen LogP contribution in [0.25, 0.3) is 0 Å². The summed E-state index contributed by atoms with van der Waals surface area (Å²) in [6, 6.07) is 6.17. The van der Waals surface area contributed by atoms with Gasteiger partial charge in [-0.3, -0.25) is 0 Å². The molecule has 0 spiro atoms. The Kier molecular flexibility index (Phi) is 3.02. The normalized spacial score (nSPS) is 27.6. The van der Waals surface area contributed by atoms with E-state index >= 15 is 0 Å². The second kappa shape index (κ2) is 4.25. The maximum Gasteiger partial charge on any atom is 0.494 e. The summed E-state index contributed by atoms with van der Waals surface area (Å²) in [4.78, 5) is 0. The minimum Gasteiger partial charge on any atom is -0.616 e. The van der Waals surface area contributed by atoms with Gasteiger partial charge in [-0.25, -0.2) is 0 Å². The van der Waals surface area contributed by atoms with Crippen LogP contribution in [0.1, 0.15) is 38.8 Å². The molecule has 0 bridgehead atoms. The van der Waals surface area contributed by atoms with Crippen molar-refractivity contribution in [2.75, 3.05) is 0 Å². The van der Waals surface area contributed by atoms with E-state index in [0.717, 1.165) is 5.46 Å². The Bertz CT molecular complexity index is 499. The fraction of sp³-hybridized carbons (Fsp3) is 0.571. The van der Waals surface area contributed by atoms with Crippen molar-refractivity contribution >= 4 is 23.8 Å². The molecule has 1 atom stereocenters. The van der Waals surface area contributed by atoms with Gasteiger partial charge in [-0.1, -0.05) is 18.2 Å². The van der Waals surface area contributed by atoms with Gasteiger partial charge in [0.25, 0.3) is 0 Å². The summed E-state index contributed by atoms with van der Waals surface area (Å²) in [7, 11) is -0.329. The molecule has 1 unspecified atom stereocenters. The highest BCUT2D eigenvalue weighted by molar-refractivity contribution is 7.90. The van der Waals surface area contributed by atoms with Crippen molar-refractivity contribution in [2.45, 2.75) is 50.4 Å². The average Bonchev–Trinajstić information content (AvgIpc) is 2.74. The Hall–Kier alpha value is -0.485. The smallest absolute Gasteiger partial charge is 0.494 e. The van der Waals surface area contributed by atoms with E-state index in [9.17, 15) is 4.55 Å². The third-order valence-electron chi connectivity index (χ3n) is 4.39. The summed E-state index contributed by atoms with van der Waals surface area (Å²) in [6.45, 7) is 8.20. The molecule has 3 rings (SSSR count). The number of fused-ring (bicyclic) bond motifs is 1. The Morgan fingerprint density at radius 1 is 1.05 bits per heavy atom. The van der Waals surface area contributed by atoms with E-state index in [-0.39, 0.29) is 18.3 Å². The molecule has 0 aromatic heterocycles. The lowest BCUT2D eigenvalue weighted by Crippen LogP contribution is -2.41. The third-order valence-corrected chi connectivity index (χ3v) is 5.65. The molecule has 0 N–H and O–H groups in total. The van der Waals surface area contributed by atoms with E-state index in [1.165, 1.54) is 11.1 Å². The molecular formula is C14H19BO3S. The van der Waals surface area contributed by atoms with Crippen LogP contribution >= 0.6 is 0 Å². The summed E-state index contributed by atoms with van der Waals surface area (Å²) in [5, 5.41) is 0. The lowest BCUT2D eigenvalue weighted by molar-refractivity contribution is 0.00578. The number of rotatable bonds is 1. The van der Waals surface area contributed by atoms with Crippen LogP contribution in [0.2, 0.25) is 0 Å². The molecule has 102 valence electrons.